The molecular weight excluding hydrogens is 204 g/mol. The van der Waals surface area contributed by atoms with Crippen LogP contribution in [0.5, 0.6) is 0 Å². The van der Waals surface area contributed by atoms with Gasteiger partial charge in [0.05, 0.1) is 0 Å². The minimum atomic E-state index is -1.15. The fraction of sp³-hybridized carbons (Fsp3) is 0.500. The van der Waals surface area contributed by atoms with Gasteiger partial charge in [0.1, 0.15) is 8.07 Å². The van der Waals surface area contributed by atoms with E-state index in [2.05, 4.69) is 47.0 Å². The van der Waals surface area contributed by atoms with E-state index in [0.29, 0.717) is 0 Å². The minimum absolute atomic E-state index is 1.10. The lowest BCUT2D eigenvalue weighted by Gasteiger charge is -2.02. The normalized spacial score (nSPS) is 12.3. The summed E-state index contributed by atoms with van der Waals surface area (Å²) < 4.78 is 1.10. The van der Waals surface area contributed by atoms with Crippen molar-refractivity contribution in [2.24, 2.45) is 0 Å². The van der Waals surface area contributed by atoms with Crippen molar-refractivity contribution >= 4 is 24.0 Å². The van der Waals surface area contributed by atoms with E-state index < -0.39 is 8.07 Å². The highest BCUT2D eigenvalue weighted by Gasteiger charge is 2.06. The molecule has 0 aliphatic carbocycles. The summed E-state index contributed by atoms with van der Waals surface area (Å²) >= 11 is 3.32. The first kappa shape index (κ1) is 10.00. The number of rotatable bonds is 0. The lowest BCUT2D eigenvalue weighted by molar-refractivity contribution is 1.71. The Bertz CT molecular complexity index is 184. The third-order valence-electron chi connectivity index (χ3n) is 0.718. The van der Waals surface area contributed by atoms with Crippen molar-refractivity contribution in [1.29, 1.82) is 0 Å². The van der Waals surface area contributed by atoms with Crippen LogP contribution in [0.4, 0.5) is 0 Å². The van der Waals surface area contributed by atoms with E-state index in [1.165, 1.54) is 0 Å². The topological polar surface area (TPSA) is 0 Å². The monoisotopic (exact) mass is 216 g/mol. The Morgan fingerprint density at radius 2 is 1.90 bits per heavy atom. The van der Waals surface area contributed by atoms with Gasteiger partial charge in [0, 0.05) is 4.48 Å². The van der Waals surface area contributed by atoms with Crippen LogP contribution in [0.2, 0.25) is 19.6 Å². The molecule has 2 heteroatoms. The molecule has 0 amide bonds. The molecule has 0 rings (SSSR count). The first-order valence-corrected chi connectivity index (χ1v) is 7.56. The molecule has 56 valence electrons. The molecule has 0 bridgehead atoms. The summed E-state index contributed by atoms with van der Waals surface area (Å²) in [7, 11) is -1.15. The van der Waals surface area contributed by atoms with Crippen molar-refractivity contribution in [2.45, 2.75) is 26.6 Å². The van der Waals surface area contributed by atoms with Crippen LogP contribution in [0.1, 0.15) is 6.92 Å². The van der Waals surface area contributed by atoms with Gasteiger partial charge in [-0.1, -0.05) is 41.5 Å². The molecule has 0 fully saturated rings. The SMILES string of the molecule is C/C(Br)=C/C#C[Si](C)(C)C. The second-order valence-electron chi connectivity index (χ2n) is 3.25. The van der Waals surface area contributed by atoms with E-state index >= 15 is 0 Å². The van der Waals surface area contributed by atoms with Crippen LogP contribution in [0, 0.1) is 11.5 Å². The molecule has 0 aromatic heterocycles. The summed E-state index contributed by atoms with van der Waals surface area (Å²) in [5.41, 5.74) is 3.24. The lowest BCUT2D eigenvalue weighted by Crippen LogP contribution is -2.16. The van der Waals surface area contributed by atoms with Gasteiger partial charge < -0.3 is 0 Å². The van der Waals surface area contributed by atoms with Crippen LogP contribution < -0.4 is 0 Å². The smallest absolute Gasteiger partial charge is 0.127 e. The van der Waals surface area contributed by atoms with Crippen molar-refractivity contribution < 1.29 is 0 Å². The van der Waals surface area contributed by atoms with E-state index in [1.807, 2.05) is 13.0 Å². The number of halogens is 1. The Morgan fingerprint density at radius 1 is 1.40 bits per heavy atom. The zero-order valence-electron chi connectivity index (χ0n) is 6.96. The van der Waals surface area contributed by atoms with Crippen LogP contribution in [-0.2, 0) is 0 Å². The van der Waals surface area contributed by atoms with Crippen molar-refractivity contribution in [3.05, 3.63) is 10.6 Å². The molecule has 0 saturated carbocycles. The van der Waals surface area contributed by atoms with Gasteiger partial charge in [-0.05, 0) is 13.0 Å². The van der Waals surface area contributed by atoms with Gasteiger partial charge in [0.15, 0.2) is 0 Å². The summed E-state index contributed by atoms with van der Waals surface area (Å²) in [5, 5.41) is 0. The number of hydrogen-bond donors (Lipinski definition) is 0. The van der Waals surface area contributed by atoms with Crippen molar-refractivity contribution in [1.82, 2.24) is 0 Å². The third-order valence-corrected chi connectivity index (χ3v) is 1.84. The van der Waals surface area contributed by atoms with E-state index in [1.54, 1.807) is 0 Å². The molecule has 0 saturated heterocycles. The molecule has 0 aromatic rings. The predicted octanol–water partition coefficient (Wildman–Crippen LogP) is 3.17. The third kappa shape index (κ3) is 8.00. The molecule has 0 heterocycles. The van der Waals surface area contributed by atoms with Gasteiger partial charge in [-0.25, -0.2) is 0 Å². The van der Waals surface area contributed by atoms with E-state index in [0.717, 1.165) is 4.48 Å². The zero-order valence-corrected chi connectivity index (χ0v) is 9.54. The Kier molecular flexibility index (Phi) is 4.00. The summed E-state index contributed by atoms with van der Waals surface area (Å²) in [6, 6.07) is 0. The van der Waals surface area contributed by atoms with Gasteiger partial charge in [0.2, 0.25) is 0 Å². The van der Waals surface area contributed by atoms with Crippen LogP contribution in [0.15, 0.2) is 10.6 Å². The zero-order chi connectivity index (χ0) is 8.20. The van der Waals surface area contributed by atoms with Crippen molar-refractivity contribution in [3.63, 3.8) is 0 Å². The summed E-state index contributed by atoms with van der Waals surface area (Å²) in [6.07, 6.45) is 1.90. The first-order valence-electron chi connectivity index (χ1n) is 3.27. The van der Waals surface area contributed by atoms with Gasteiger partial charge in [-0.15, -0.1) is 5.54 Å². The van der Waals surface area contributed by atoms with Crippen LogP contribution in [0.25, 0.3) is 0 Å². The lowest BCUT2D eigenvalue weighted by atomic mass is 10.5. The standard InChI is InChI=1S/C8H13BrSi/c1-8(9)6-5-7-10(2,3)4/h6H,1-4H3/b8-6-. The maximum absolute atomic E-state index is 3.32. The maximum Gasteiger partial charge on any atom is 0.129 e. The van der Waals surface area contributed by atoms with Gasteiger partial charge in [-0.3, -0.25) is 0 Å². The van der Waals surface area contributed by atoms with Crippen molar-refractivity contribution in [2.75, 3.05) is 0 Å². The minimum Gasteiger partial charge on any atom is -0.127 e. The molecular formula is C8H13BrSi. The molecule has 0 unspecified atom stereocenters. The fourth-order valence-electron chi connectivity index (χ4n) is 0.352. The van der Waals surface area contributed by atoms with Crippen molar-refractivity contribution in [3.8, 4) is 11.5 Å². The van der Waals surface area contributed by atoms with Gasteiger partial charge in [-0.2, -0.15) is 0 Å². The Morgan fingerprint density at radius 3 is 2.20 bits per heavy atom. The van der Waals surface area contributed by atoms with Crippen LogP contribution in [0.3, 0.4) is 0 Å². The van der Waals surface area contributed by atoms with Gasteiger partial charge >= 0.3 is 0 Å². The molecule has 0 spiro atoms. The molecule has 0 aliphatic rings. The summed E-state index contributed by atoms with van der Waals surface area (Å²) in [4.78, 5) is 0. The van der Waals surface area contributed by atoms with Crippen LogP contribution >= 0.6 is 15.9 Å². The molecule has 0 N–H and O–H groups in total. The highest BCUT2D eigenvalue weighted by atomic mass is 79.9. The van der Waals surface area contributed by atoms with Gasteiger partial charge in [0.25, 0.3) is 0 Å². The molecule has 0 aliphatic heterocycles. The Hall–Kier alpha value is -0.00312. The van der Waals surface area contributed by atoms with E-state index in [4.69, 9.17) is 0 Å². The summed E-state index contributed by atoms with van der Waals surface area (Å²) in [5.74, 6) is 3.03. The second-order valence-corrected chi connectivity index (χ2v) is 9.25. The molecule has 0 radical (unpaired) electrons. The quantitative estimate of drug-likeness (QED) is 0.432. The molecule has 0 aromatic carbocycles. The molecule has 0 atom stereocenters. The first-order chi connectivity index (χ1) is 4.42. The largest absolute Gasteiger partial charge is 0.129 e. The molecule has 10 heavy (non-hydrogen) atoms. The van der Waals surface area contributed by atoms with E-state index in [-0.39, 0.29) is 0 Å². The molecule has 0 nitrogen and oxygen atoms in total. The number of allylic oxidation sites excluding steroid dienone is 2. The van der Waals surface area contributed by atoms with Crippen LogP contribution in [-0.4, -0.2) is 8.07 Å². The Balaban J connectivity index is 4.07. The average molecular weight is 217 g/mol. The average Bonchev–Trinajstić information content (AvgIpc) is 1.59. The highest BCUT2D eigenvalue weighted by molar-refractivity contribution is 9.11. The maximum atomic E-state index is 3.32. The number of hydrogen-bond acceptors (Lipinski definition) is 0. The Labute approximate surface area is 72.9 Å². The summed E-state index contributed by atoms with van der Waals surface area (Å²) in [6.45, 7) is 8.69. The predicted molar refractivity (Wildman–Crippen MR) is 53.8 cm³/mol. The van der Waals surface area contributed by atoms with E-state index in [9.17, 15) is 0 Å². The fourth-order valence-corrected chi connectivity index (χ4v) is 0.972. The highest BCUT2D eigenvalue weighted by Crippen LogP contribution is 2.01. The second kappa shape index (κ2) is 4.00.